The molecular formula is C29H31ClFN3O2. The van der Waals surface area contributed by atoms with Crippen molar-refractivity contribution in [1.82, 2.24) is 14.5 Å². The molecule has 0 amide bonds. The van der Waals surface area contributed by atoms with Gasteiger partial charge in [0, 0.05) is 44.7 Å². The number of nitrogens with zero attached hydrogens (tertiary/aromatic N) is 3. The molecule has 36 heavy (non-hydrogen) atoms. The number of rotatable bonds is 6. The molecule has 0 unspecified atom stereocenters. The minimum atomic E-state index is -0.800. The molecule has 0 aliphatic heterocycles. The molecule has 5 nitrogen and oxygen atoms in total. The molecule has 0 fully saturated rings. The molecule has 188 valence electrons. The van der Waals surface area contributed by atoms with Crippen molar-refractivity contribution < 1.29 is 13.9 Å². The summed E-state index contributed by atoms with van der Waals surface area (Å²) in [5.74, 6) is -0.603. The van der Waals surface area contributed by atoms with Gasteiger partial charge >= 0.3 is 0 Å². The van der Waals surface area contributed by atoms with E-state index in [1.807, 2.05) is 70.4 Å². The quantitative estimate of drug-likeness (QED) is 0.257. The fraction of sp³-hybridized carbons (Fsp3) is 0.345. The van der Waals surface area contributed by atoms with E-state index in [0.29, 0.717) is 16.3 Å². The standard InChI is InChI=1S/C29H31ClFN3O2/c1-16-18(3)34(15-21-9-8-14-32-27(21)31)28-23(16)25(20-10-12-22(30)13-11-20)24(17(2)33-28)26(19(4)35)36-29(5,6)7/h8-14,26H,15H2,1-7H3/t26-/m1/s1. The number of aromatic nitrogens is 3. The largest absolute Gasteiger partial charge is 0.360 e. The van der Waals surface area contributed by atoms with E-state index < -0.39 is 17.7 Å². The van der Waals surface area contributed by atoms with E-state index in [4.69, 9.17) is 21.3 Å². The Morgan fingerprint density at radius 3 is 2.39 bits per heavy atom. The summed E-state index contributed by atoms with van der Waals surface area (Å²) >= 11 is 6.22. The van der Waals surface area contributed by atoms with Crippen LogP contribution in [0, 0.1) is 26.7 Å². The van der Waals surface area contributed by atoms with E-state index in [1.54, 1.807) is 19.1 Å². The number of hydrogen-bond donors (Lipinski definition) is 0. The summed E-state index contributed by atoms with van der Waals surface area (Å²) in [6.07, 6.45) is 0.640. The van der Waals surface area contributed by atoms with Crippen LogP contribution in [0.2, 0.25) is 5.02 Å². The molecule has 4 aromatic rings. The van der Waals surface area contributed by atoms with Gasteiger partial charge in [0.1, 0.15) is 11.8 Å². The van der Waals surface area contributed by atoms with Crippen molar-refractivity contribution in [1.29, 1.82) is 0 Å². The van der Waals surface area contributed by atoms with Gasteiger partial charge in [-0.1, -0.05) is 29.8 Å². The maximum atomic E-state index is 14.5. The van der Waals surface area contributed by atoms with Gasteiger partial charge in [0.15, 0.2) is 5.78 Å². The maximum absolute atomic E-state index is 14.5. The van der Waals surface area contributed by atoms with Gasteiger partial charge in [-0.25, -0.2) is 9.97 Å². The van der Waals surface area contributed by atoms with Gasteiger partial charge in [-0.15, -0.1) is 0 Å². The first kappa shape index (κ1) is 26.0. The molecule has 0 spiro atoms. The summed E-state index contributed by atoms with van der Waals surface area (Å²) in [5, 5.41) is 1.53. The van der Waals surface area contributed by atoms with E-state index in [9.17, 15) is 9.18 Å². The zero-order valence-corrected chi connectivity index (χ0v) is 22.5. The van der Waals surface area contributed by atoms with Crippen molar-refractivity contribution >= 4 is 28.4 Å². The van der Waals surface area contributed by atoms with Crippen LogP contribution < -0.4 is 0 Å². The van der Waals surface area contributed by atoms with Crippen LogP contribution in [0.25, 0.3) is 22.2 Å². The van der Waals surface area contributed by atoms with E-state index >= 15 is 0 Å². The predicted octanol–water partition coefficient (Wildman–Crippen LogP) is 7.31. The lowest BCUT2D eigenvalue weighted by atomic mass is 9.90. The number of fused-ring (bicyclic) bond motifs is 1. The number of ketones is 1. The van der Waals surface area contributed by atoms with E-state index in [-0.39, 0.29) is 12.3 Å². The smallest absolute Gasteiger partial charge is 0.217 e. The number of hydrogen-bond acceptors (Lipinski definition) is 4. The molecule has 4 rings (SSSR count). The van der Waals surface area contributed by atoms with Crippen molar-refractivity contribution in [3.63, 3.8) is 0 Å². The average molecular weight is 508 g/mol. The van der Waals surface area contributed by atoms with Crippen molar-refractivity contribution in [2.24, 2.45) is 0 Å². The highest BCUT2D eigenvalue weighted by molar-refractivity contribution is 6.30. The van der Waals surface area contributed by atoms with Gasteiger partial charge < -0.3 is 9.30 Å². The molecule has 1 atom stereocenters. The normalized spacial score (nSPS) is 12.8. The van der Waals surface area contributed by atoms with Crippen LogP contribution in [0.3, 0.4) is 0 Å². The summed E-state index contributed by atoms with van der Waals surface area (Å²) in [4.78, 5) is 21.7. The number of aryl methyl sites for hydroxylation is 2. The summed E-state index contributed by atoms with van der Waals surface area (Å²) in [6, 6.07) is 11.0. The average Bonchev–Trinajstić information content (AvgIpc) is 3.02. The number of halogens is 2. The first-order chi connectivity index (χ1) is 16.9. The predicted molar refractivity (Wildman–Crippen MR) is 142 cm³/mol. The number of carbonyl (C=O) groups excluding carboxylic acids is 1. The summed E-state index contributed by atoms with van der Waals surface area (Å²) in [7, 11) is 0. The van der Waals surface area contributed by atoms with Crippen LogP contribution in [0.1, 0.15) is 61.9 Å². The molecule has 0 saturated carbocycles. The number of benzene rings is 1. The molecule has 1 aromatic carbocycles. The second-order valence-electron chi connectivity index (χ2n) is 10.2. The molecular weight excluding hydrogens is 477 g/mol. The maximum Gasteiger partial charge on any atom is 0.217 e. The van der Waals surface area contributed by atoms with E-state index in [2.05, 4.69) is 4.98 Å². The zero-order chi connectivity index (χ0) is 26.4. The Labute approximate surface area is 216 Å². The van der Waals surface area contributed by atoms with Crippen molar-refractivity contribution in [2.75, 3.05) is 0 Å². The van der Waals surface area contributed by atoms with Gasteiger partial charge in [0.2, 0.25) is 5.95 Å². The molecule has 3 aromatic heterocycles. The Morgan fingerprint density at radius 2 is 1.81 bits per heavy atom. The highest BCUT2D eigenvalue weighted by Crippen LogP contribution is 2.42. The van der Waals surface area contributed by atoms with E-state index in [0.717, 1.165) is 39.0 Å². The number of ether oxygens (including phenoxy) is 1. The third kappa shape index (κ3) is 4.93. The first-order valence-corrected chi connectivity index (χ1v) is 12.3. The van der Waals surface area contributed by atoms with Crippen molar-refractivity contribution in [3.8, 4) is 11.1 Å². The summed E-state index contributed by atoms with van der Waals surface area (Å²) < 4.78 is 22.8. The highest BCUT2D eigenvalue weighted by Gasteiger charge is 2.32. The zero-order valence-electron chi connectivity index (χ0n) is 21.7. The van der Waals surface area contributed by atoms with Crippen molar-refractivity contribution in [2.45, 2.75) is 66.7 Å². The molecule has 0 bridgehead atoms. The number of carbonyl (C=O) groups is 1. The number of Topliss-reactive ketones (excluding diaryl/α,β-unsaturated/α-hetero) is 1. The van der Waals surface area contributed by atoms with Gasteiger partial charge in [-0.2, -0.15) is 4.39 Å². The monoisotopic (exact) mass is 507 g/mol. The summed E-state index contributed by atoms with van der Waals surface area (Å²) in [5.41, 5.74) is 5.82. The van der Waals surface area contributed by atoms with Crippen molar-refractivity contribution in [3.05, 3.63) is 81.6 Å². The molecule has 0 aliphatic carbocycles. The Hall–Kier alpha value is -3.09. The van der Waals surface area contributed by atoms with Crippen LogP contribution in [0.5, 0.6) is 0 Å². The lowest BCUT2D eigenvalue weighted by molar-refractivity contribution is -0.138. The second kappa shape index (κ2) is 9.75. The molecule has 7 heteroatoms. The van der Waals surface area contributed by atoms with Crippen LogP contribution in [-0.4, -0.2) is 25.9 Å². The minimum Gasteiger partial charge on any atom is -0.360 e. The molecule has 0 radical (unpaired) electrons. The van der Waals surface area contributed by atoms with Gasteiger partial charge in [-0.05, 0) is 77.8 Å². The van der Waals surface area contributed by atoms with Gasteiger partial charge in [0.05, 0.1) is 12.1 Å². The Balaban J connectivity index is 2.08. The van der Waals surface area contributed by atoms with Crippen LogP contribution in [0.15, 0.2) is 42.6 Å². The van der Waals surface area contributed by atoms with Crippen LogP contribution in [-0.2, 0) is 16.1 Å². The first-order valence-electron chi connectivity index (χ1n) is 11.9. The van der Waals surface area contributed by atoms with Gasteiger partial charge in [-0.3, -0.25) is 4.79 Å². The molecule has 3 heterocycles. The third-order valence-corrected chi connectivity index (χ3v) is 6.64. The second-order valence-corrected chi connectivity index (χ2v) is 10.6. The van der Waals surface area contributed by atoms with Crippen LogP contribution in [0.4, 0.5) is 4.39 Å². The molecule has 0 N–H and O–H groups in total. The SMILES string of the molecule is CC(=O)[C@@H](OC(C)(C)C)c1c(C)nc2c(c(C)c(C)n2Cc2cccnc2F)c1-c1ccc(Cl)cc1. The highest BCUT2D eigenvalue weighted by atomic mass is 35.5. The number of pyridine rings is 2. The molecule has 0 saturated heterocycles. The minimum absolute atomic E-state index is 0.101. The molecule has 0 aliphatic rings. The lowest BCUT2D eigenvalue weighted by Gasteiger charge is -2.29. The topological polar surface area (TPSA) is 57.0 Å². The fourth-order valence-electron chi connectivity index (χ4n) is 4.63. The summed E-state index contributed by atoms with van der Waals surface area (Å²) in [6.45, 7) is 13.5. The Bertz CT molecular complexity index is 1450. The fourth-order valence-corrected chi connectivity index (χ4v) is 4.76. The Kier molecular flexibility index (Phi) is 7.04. The Morgan fingerprint density at radius 1 is 1.14 bits per heavy atom. The lowest BCUT2D eigenvalue weighted by Crippen LogP contribution is -2.27. The van der Waals surface area contributed by atoms with Gasteiger partial charge in [0.25, 0.3) is 0 Å². The third-order valence-electron chi connectivity index (χ3n) is 6.39. The van der Waals surface area contributed by atoms with E-state index in [1.165, 1.54) is 6.20 Å². The van der Waals surface area contributed by atoms with Crippen LogP contribution >= 0.6 is 11.6 Å².